The van der Waals surface area contributed by atoms with Crippen molar-refractivity contribution in [1.29, 1.82) is 0 Å². The zero-order valence-electron chi connectivity index (χ0n) is 9.15. The van der Waals surface area contributed by atoms with Crippen LogP contribution in [0.3, 0.4) is 0 Å². The summed E-state index contributed by atoms with van der Waals surface area (Å²) in [7, 11) is -3.35. The molecule has 2 atom stereocenters. The van der Waals surface area contributed by atoms with Crippen molar-refractivity contribution in [1.82, 2.24) is 0 Å². The molecule has 0 aliphatic heterocycles. The van der Waals surface area contributed by atoms with Gasteiger partial charge in [0, 0.05) is 5.30 Å². The first kappa shape index (κ1) is 14.0. The molecule has 16 heavy (non-hydrogen) atoms. The summed E-state index contributed by atoms with van der Waals surface area (Å²) < 4.78 is 9.97. The second-order valence-corrected chi connectivity index (χ2v) is 9.68. The maximum Gasteiger partial charge on any atom is 0.181 e. The van der Waals surface area contributed by atoms with Crippen molar-refractivity contribution >= 4 is 35.6 Å². The number of halogens is 2. The molecule has 0 aliphatic rings. The third-order valence-corrected chi connectivity index (χ3v) is 7.27. The first-order chi connectivity index (χ1) is 7.11. The molecule has 0 bridgehead atoms. The quantitative estimate of drug-likeness (QED) is 0.508. The van der Waals surface area contributed by atoms with Crippen molar-refractivity contribution in [2.75, 3.05) is 0 Å². The average Bonchev–Trinajstić information content (AvgIpc) is 2.14. The van der Waals surface area contributed by atoms with Gasteiger partial charge in [0.15, 0.2) is 7.14 Å². The summed E-state index contributed by atoms with van der Waals surface area (Å²) in [4.78, 5) is 0. The highest BCUT2D eigenvalue weighted by molar-refractivity contribution is 7.77. The predicted octanol–water partition coefficient (Wildman–Crippen LogP) is 2.42. The Bertz CT molecular complexity index is 391. The standard InChI is InChI=1S/C10H15Cl2N2OP/c1-9(11,13)16(15,10(2,12)14)8-6-4-3-5-7-8/h3-7H,13-14H2,1-2H3. The lowest BCUT2D eigenvalue weighted by Crippen LogP contribution is -2.45. The molecule has 1 rings (SSSR count). The van der Waals surface area contributed by atoms with Crippen LogP contribution in [0.5, 0.6) is 0 Å². The molecule has 0 fully saturated rings. The van der Waals surface area contributed by atoms with E-state index in [4.69, 9.17) is 34.7 Å². The lowest BCUT2D eigenvalue weighted by atomic mass is 10.4. The summed E-state index contributed by atoms with van der Waals surface area (Å²) in [5.41, 5.74) is 11.5. The normalized spacial score (nSPS) is 22.9. The maximum absolute atomic E-state index is 12.9. The fraction of sp³-hybridized carbons (Fsp3) is 0.400. The van der Waals surface area contributed by atoms with Gasteiger partial charge in [-0.1, -0.05) is 53.5 Å². The van der Waals surface area contributed by atoms with Crippen molar-refractivity contribution in [3.05, 3.63) is 30.3 Å². The van der Waals surface area contributed by atoms with E-state index in [1.807, 2.05) is 0 Å². The SMILES string of the molecule is CC(N)(Cl)P(=O)(c1ccccc1)C(C)(N)Cl. The van der Waals surface area contributed by atoms with Crippen molar-refractivity contribution in [2.24, 2.45) is 11.5 Å². The van der Waals surface area contributed by atoms with Crippen molar-refractivity contribution in [2.45, 2.75) is 23.3 Å². The second-order valence-electron chi connectivity index (χ2n) is 3.99. The number of hydrogen-bond donors (Lipinski definition) is 2. The van der Waals surface area contributed by atoms with E-state index in [1.54, 1.807) is 30.3 Å². The Kier molecular flexibility index (Phi) is 3.78. The van der Waals surface area contributed by atoms with Crippen LogP contribution in [-0.2, 0) is 4.57 Å². The van der Waals surface area contributed by atoms with Crippen LogP contribution in [0.25, 0.3) is 0 Å². The Morgan fingerprint density at radius 3 is 1.75 bits per heavy atom. The predicted molar refractivity (Wildman–Crippen MR) is 70.6 cm³/mol. The molecule has 1 aromatic carbocycles. The highest BCUT2D eigenvalue weighted by Gasteiger charge is 2.52. The van der Waals surface area contributed by atoms with E-state index in [9.17, 15) is 4.57 Å². The van der Waals surface area contributed by atoms with Gasteiger partial charge in [0.05, 0.1) is 0 Å². The lowest BCUT2D eigenvalue weighted by molar-refractivity contribution is 0.554. The molecule has 0 spiro atoms. The van der Waals surface area contributed by atoms with E-state index in [2.05, 4.69) is 0 Å². The second kappa shape index (κ2) is 4.32. The molecule has 2 unspecified atom stereocenters. The summed E-state index contributed by atoms with van der Waals surface area (Å²) in [6.45, 7) is 2.91. The third kappa shape index (κ3) is 2.29. The fourth-order valence-corrected chi connectivity index (χ4v) is 5.80. The van der Waals surface area contributed by atoms with Gasteiger partial charge in [-0.2, -0.15) is 0 Å². The molecule has 6 heteroatoms. The Morgan fingerprint density at radius 1 is 1.06 bits per heavy atom. The van der Waals surface area contributed by atoms with E-state index in [1.165, 1.54) is 13.8 Å². The molecule has 0 radical (unpaired) electrons. The molecule has 0 aliphatic carbocycles. The van der Waals surface area contributed by atoms with Gasteiger partial charge in [-0.05, 0) is 13.8 Å². The zero-order chi connectivity index (χ0) is 12.6. The highest BCUT2D eigenvalue weighted by Crippen LogP contribution is 2.65. The van der Waals surface area contributed by atoms with Crippen LogP contribution >= 0.6 is 30.3 Å². The van der Waals surface area contributed by atoms with Gasteiger partial charge < -0.3 is 16.0 Å². The molecule has 0 amide bonds. The monoisotopic (exact) mass is 280 g/mol. The minimum atomic E-state index is -3.35. The molecule has 4 N–H and O–H groups in total. The summed E-state index contributed by atoms with van der Waals surface area (Å²) >= 11 is 12.0. The van der Waals surface area contributed by atoms with Crippen LogP contribution in [0.15, 0.2) is 30.3 Å². The van der Waals surface area contributed by atoms with Crippen molar-refractivity contribution < 1.29 is 4.57 Å². The number of hydrogen-bond acceptors (Lipinski definition) is 3. The zero-order valence-corrected chi connectivity index (χ0v) is 11.6. The topological polar surface area (TPSA) is 69.1 Å². The van der Waals surface area contributed by atoms with E-state index < -0.39 is 16.6 Å². The molecular weight excluding hydrogens is 266 g/mol. The Morgan fingerprint density at radius 2 is 1.44 bits per heavy atom. The smallest absolute Gasteiger partial charge is 0.181 e. The molecule has 0 aromatic heterocycles. The van der Waals surface area contributed by atoms with Crippen molar-refractivity contribution in [3.63, 3.8) is 0 Å². The molecule has 1 aromatic rings. The van der Waals surface area contributed by atoms with Crippen LogP contribution < -0.4 is 16.8 Å². The average molecular weight is 281 g/mol. The molecule has 0 saturated carbocycles. The van der Waals surface area contributed by atoms with Crippen LogP contribution in [0.1, 0.15) is 13.8 Å². The lowest BCUT2D eigenvalue weighted by Gasteiger charge is -2.37. The van der Waals surface area contributed by atoms with E-state index >= 15 is 0 Å². The Balaban J connectivity index is 3.46. The molecule has 90 valence electrons. The summed E-state index contributed by atoms with van der Waals surface area (Å²) in [6.07, 6.45) is 0. The Hall–Kier alpha value is -0.0500. The largest absolute Gasteiger partial charge is 0.312 e. The van der Waals surface area contributed by atoms with Gasteiger partial charge in [-0.3, -0.25) is 0 Å². The van der Waals surface area contributed by atoms with Gasteiger partial charge in [0.25, 0.3) is 0 Å². The molecule has 0 heterocycles. The number of nitrogens with two attached hydrogens (primary N) is 2. The van der Waals surface area contributed by atoms with E-state index in [-0.39, 0.29) is 0 Å². The van der Waals surface area contributed by atoms with E-state index in [0.29, 0.717) is 5.30 Å². The summed E-state index contributed by atoms with van der Waals surface area (Å²) in [5.74, 6) is 0. The summed E-state index contributed by atoms with van der Waals surface area (Å²) in [6, 6.07) is 8.63. The summed E-state index contributed by atoms with van der Waals surface area (Å²) in [5, 5.41) is 0.481. The maximum atomic E-state index is 12.9. The van der Waals surface area contributed by atoms with Gasteiger partial charge in [0.2, 0.25) is 0 Å². The molecule has 3 nitrogen and oxygen atoms in total. The first-order valence-electron chi connectivity index (χ1n) is 4.72. The minimum Gasteiger partial charge on any atom is -0.312 e. The van der Waals surface area contributed by atoms with Crippen LogP contribution in [-0.4, -0.2) is 9.48 Å². The van der Waals surface area contributed by atoms with Crippen LogP contribution in [0, 0.1) is 0 Å². The Labute approximate surface area is 105 Å². The fourth-order valence-electron chi connectivity index (χ4n) is 1.57. The van der Waals surface area contributed by atoms with Crippen molar-refractivity contribution in [3.8, 4) is 0 Å². The molecular formula is C10H15Cl2N2OP. The minimum absolute atomic E-state index is 0.481. The number of alkyl halides is 2. The molecule has 0 saturated heterocycles. The van der Waals surface area contributed by atoms with E-state index in [0.717, 1.165) is 0 Å². The van der Waals surface area contributed by atoms with Crippen LogP contribution in [0.4, 0.5) is 0 Å². The van der Waals surface area contributed by atoms with Crippen LogP contribution in [0.2, 0.25) is 0 Å². The van der Waals surface area contributed by atoms with Gasteiger partial charge in [-0.25, -0.2) is 0 Å². The van der Waals surface area contributed by atoms with Gasteiger partial charge in [-0.15, -0.1) is 0 Å². The first-order valence-corrected chi connectivity index (χ1v) is 7.18. The van der Waals surface area contributed by atoms with Gasteiger partial charge >= 0.3 is 0 Å². The third-order valence-electron chi connectivity index (χ3n) is 2.35. The number of benzene rings is 1. The van der Waals surface area contributed by atoms with Gasteiger partial charge in [0.1, 0.15) is 9.48 Å². The number of rotatable bonds is 3. The highest BCUT2D eigenvalue weighted by atomic mass is 35.5.